The summed E-state index contributed by atoms with van der Waals surface area (Å²) in [6.45, 7) is 10.4. The molecule has 0 spiro atoms. The molecular weight excluding hydrogens is 400 g/mol. The number of aromatic nitrogens is 1. The highest BCUT2D eigenvalue weighted by Crippen LogP contribution is 2.20. The Morgan fingerprint density at radius 3 is 2.65 bits per heavy atom. The lowest BCUT2D eigenvalue weighted by Crippen LogP contribution is -2.45. The van der Waals surface area contributed by atoms with E-state index in [9.17, 15) is 19.6 Å². The van der Waals surface area contributed by atoms with Gasteiger partial charge in [0, 0.05) is 17.9 Å². The lowest BCUT2D eigenvalue weighted by molar-refractivity contribution is -0.140. The Kier molecular flexibility index (Phi) is 8.02. The number of rotatable bonds is 8. The Balaban J connectivity index is 2.21. The average molecular weight is 428 g/mol. The number of hydrogen-bond acceptors (Lipinski definition) is 6. The van der Waals surface area contributed by atoms with E-state index in [0.29, 0.717) is 5.92 Å². The Morgan fingerprint density at radius 2 is 2.03 bits per heavy atom. The molecule has 0 bridgehead atoms. The average Bonchev–Trinajstić information content (AvgIpc) is 2.97. The summed E-state index contributed by atoms with van der Waals surface area (Å²) in [7, 11) is 0. The van der Waals surface area contributed by atoms with Crippen LogP contribution < -0.4 is 10.6 Å². The first-order valence-corrected chi connectivity index (χ1v) is 10.1. The van der Waals surface area contributed by atoms with E-state index in [1.54, 1.807) is 6.92 Å². The van der Waals surface area contributed by atoms with Crippen LogP contribution in [0.5, 0.6) is 0 Å². The number of ether oxygens (including phenoxy) is 2. The molecule has 2 amide bonds. The van der Waals surface area contributed by atoms with Gasteiger partial charge in [-0.25, -0.2) is 14.4 Å². The lowest BCUT2D eigenvalue weighted by Gasteiger charge is -2.21. The molecular formula is C22H28N4O5. The van der Waals surface area contributed by atoms with Crippen molar-refractivity contribution >= 4 is 24.0 Å². The number of esters is 2. The van der Waals surface area contributed by atoms with E-state index in [4.69, 9.17) is 9.47 Å². The van der Waals surface area contributed by atoms with Gasteiger partial charge in [0.2, 0.25) is 0 Å². The van der Waals surface area contributed by atoms with Gasteiger partial charge in [0.1, 0.15) is 18.2 Å². The van der Waals surface area contributed by atoms with Crippen LogP contribution in [0, 0.1) is 31.1 Å². The van der Waals surface area contributed by atoms with Crippen molar-refractivity contribution in [3.05, 3.63) is 39.9 Å². The zero-order chi connectivity index (χ0) is 23.1. The van der Waals surface area contributed by atoms with Gasteiger partial charge < -0.3 is 24.7 Å². The van der Waals surface area contributed by atoms with Crippen LogP contribution in [-0.2, 0) is 25.6 Å². The summed E-state index contributed by atoms with van der Waals surface area (Å²) in [6, 6.07) is 3.26. The van der Waals surface area contributed by atoms with E-state index in [0.717, 1.165) is 23.5 Å². The number of nitriles is 1. The molecule has 2 heterocycles. The first-order chi connectivity index (χ1) is 14.7. The smallest absolute Gasteiger partial charge is 0.349 e. The summed E-state index contributed by atoms with van der Waals surface area (Å²) in [5, 5.41) is 14.4. The van der Waals surface area contributed by atoms with Crippen molar-refractivity contribution in [2.45, 2.75) is 41.2 Å². The van der Waals surface area contributed by atoms with Crippen molar-refractivity contribution in [3.63, 3.8) is 0 Å². The summed E-state index contributed by atoms with van der Waals surface area (Å²) in [5.41, 5.74) is 2.85. The number of amides is 2. The molecule has 0 aromatic carbocycles. The molecule has 1 aromatic heterocycles. The number of hydrogen-bond donors (Lipinski definition) is 2. The van der Waals surface area contributed by atoms with Crippen molar-refractivity contribution in [3.8, 4) is 6.07 Å². The third-order valence-corrected chi connectivity index (χ3v) is 4.72. The molecule has 0 saturated carbocycles. The summed E-state index contributed by atoms with van der Waals surface area (Å²) in [4.78, 5) is 36.2. The summed E-state index contributed by atoms with van der Waals surface area (Å²) in [5.74, 6) is -1.02. The van der Waals surface area contributed by atoms with Crippen LogP contribution in [0.2, 0.25) is 0 Å². The number of urea groups is 1. The molecule has 0 atom stereocenters. The summed E-state index contributed by atoms with van der Waals surface area (Å²) < 4.78 is 12.3. The number of carbonyl (C=O) groups excluding carboxylic acids is 3. The highest BCUT2D eigenvalue weighted by atomic mass is 16.5. The van der Waals surface area contributed by atoms with Gasteiger partial charge >= 0.3 is 18.0 Å². The molecule has 1 aromatic rings. The van der Waals surface area contributed by atoms with E-state index >= 15 is 0 Å². The molecule has 1 aliphatic rings. The fourth-order valence-corrected chi connectivity index (χ4v) is 3.20. The van der Waals surface area contributed by atoms with Crippen LogP contribution in [0.3, 0.4) is 0 Å². The zero-order valence-corrected chi connectivity index (χ0v) is 18.5. The Bertz CT molecular complexity index is 979. The Hall–Kier alpha value is -3.54. The van der Waals surface area contributed by atoms with Gasteiger partial charge in [-0.05, 0) is 44.4 Å². The molecule has 31 heavy (non-hydrogen) atoms. The Labute approximate surface area is 181 Å². The van der Waals surface area contributed by atoms with Crippen molar-refractivity contribution in [2.24, 2.45) is 5.92 Å². The maximum atomic E-state index is 12.5. The van der Waals surface area contributed by atoms with Crippen LogP contribution in [-0.4, -0.2) is 42.3 Å². The third-order valence-electron chi connectivity index (χ3n) is 4.72. The number of carbonyl (C=O) groups is 3. The highest BCUT2D eigenvalue weighted by molar-refractivity contribution is 5.98. The van der Waals surface area contributed by atoms with Gasteiger partial charge in [-0.1, -0.05) is 13.8 Å². The van der Waals surface area contributed by atoms with Crippen LogP contribution in [0.4, 0.5) is 4.79 Å². The number of aryl methyl sites for hydroxylation is 1. The van der Waals surface area contributed by atoms with Crippen LogP contribution in [0.1, 0.15) is 37.7 Å². The first-order valence-electron chi connectivity index (χ1n) is 10.1. The lowest BCUT2D eigenvalue weighted by atomic mass is 10.1. The van der Waals surface area contributed by atoms with Gasteiger partial charge in [-0.3, -0.25) is 0 Å². The predicted octanol–water partition coefficient (Wildman–Crippen LogP) is 2.34. The highest BCUT2D eigenvalue weighted by Gasteiger charge is 2.25. The van der Waals surface area contributed by atoms with Crippen LogP contribution in [0.25, 0.3) is 6.08 Å². The summed E-state index contributed by atoms with van der Waals surface area (Å²) >= 11 is 0. The van der Waals surface area contributed by atoms with E-state index in [1.165, 1.54) is 6.08 Å². The van der Waals surface area contributed by atoms with E-state index < -0.39 is 18.0 Å². The minimum Gasteiger partial charge on any atom is -0.463 e. The maximum absolute atomic E-state index is 12.5. The first kappa shape index (κ1) is 23.7. The van der Waals surface area contributed by atoms with Gasteiger partial charge in [0.05, 0.1) is 24.4 Å². The van der Waals surface area contributed by atoms with E-state index in [1.807, 2.05) is 26.0 Å². The second-order valence-electron chi connectivity index (χ2n) is 7.56. The monoisotopic (exact) mass is 428 g/mol. The fraction of sp³-hybridized carbons (Fsp3) is 0.455. The van der Waals surface area contributed by atoms with Gasteiger partial charge in [-0.15, -0.1) is 0 Å². The van der Waals surface area contributed by atoms with Crippen molar-refractivity contribution in [2.75, 3.05) is 19.8 Å². The van der Waals surface area contributed by atoms with Crippen LogP contribution >= 0.6 is 0 Å². The molecule has 9 nitrogen and oxygen atoms in total. The minimum atomic E-state index is -0.848. The maximum Gasteiger partial charge on any atom is 0.349 e. The quantitative estimate of drug-likeness (QED) is 0.372. The molecule has 166 valence electrons. The summed E-state index contributed by atoms with van der Waals surface area (Å²) in [6.07, 6.45) is 1.49. The molecule has 1 aliphatic heterocycles. The van der Waals surface area contributed by atoms with Gasteiger partial charge in [0.15, 0.2) is 0 Å². The largest absolute Gasteiger partial charge is 0.463 e. The second-order valence-corrected chi connectivity index (χ2v) is 7.56. The molecule has 0 unspecified atom stereocenters. The van der Waals surface area contributed by atoms with Gasteiger partial charge in [0.25, 0.3) is 0 Å². The van der Waals surface area contributed by atoms with Crippen molar-refractivity contribution in [1.82, 2.24) is 15.2 Å². The topological polar surface area (TPSA) is 122 Å². The minimum absolute atomic E-state index is 0.0413. The normalized spacial score (nSPS) is 14.1. The third kappa shape index (κ3) is 5.98. The SMILES string of the molecule is CCOC(=O)C1=C(COC(=O)/C(C#N)=C/c2cc(C)n(CC(C)C)c2C)NC(=O)NC1. The molecule has 2 N–H and O–H groups in total. The number of nitrogens with zero attached hydrogens (tertiary/aromatic N) is 2. The molecule has 0 aliphatic carbocycles. The molecule has 0 fully saturated rings. The van der Waals surface area contributed by atoms with Crippen molar-refractivity contribution < 1.29 is 23.9 Å². The molecule has 9 heteroatoms. The van der Waals surface area contributed by atoms with E-state index in [2.05, 4.69) is 29.0 Å². The second kappa shape index (κ2) is 10.5. The standard InChI is InChI=1S/C22H28N4O5/c1-6-30-21(28)18-10-24-22(29)25-19(18)12-31-20(27)17(9-23)8-16-7-14(4)26(15(16)5)11-13(2)3/h7-8,13H,6,10-12H2,1-5H3,(H2,24,25,29)/b17-8+. The van der Waals surface area contributed by atoms with E-state index in [-0.39, 0.29) is 36.6 Å². The van der Waals surface area contributed by atoms with Gasteiger partial charge in [-0.2, -0.15) is 5.26 Å². The zero-order valence-electron chi connectivity index (χ0n) is 18.5. The number of nitrogens with one attached hydrogen (secondary N) is 2. The molecule has 0 saturated heterocycles. The van der Waals surface area contributed by atoms with Crippen LogP contribution in [0.15, 0.2) is 22.9 Å². The predicted molar refractivity (Wildman–Crippen MR) is 113 cm³/mol. The fourth-order valence-electron chi connectivity index (χ4n) is 3.20. The van der Waals surface area contributed by atoms with Crippen molar-refractivity contribution in [1.29, 1.82) is 5.26 Å². The molecule has 0 radical (unpaired) electrons. The molecule has 2 rings (SSSR count). The Morgan fingerprint density at radius 1 is 1.32 bits per heavy atom.